The molecule has 0 aliphatic heterocycles. The van der Waals surface area contributed by atoms with Crippen molar-refractivity contribution in [3.05, 3.63) is 47.3 Å². The standard InChI is InChI=1S/C21H26FNO4/c1-15(21(25)23-13-12-16-6-4-3-5-7-16)27-20(24)11-9-17-8-10-19(26-2)18(22)14-17/h6,8-11,14-15H,3-5,7,12-13H2,1-2H3,(H,23,25)/b11-9+/t15-/m1/s1. The van der Waals surface area contributed by atoms with Crippen LogP contribution in [0.25, 0.3) is 6.08 Å². The third-order valence-electron chi connectivity index (χ3n) is 4.38. The molecule has 0 heterocycles. The second-order valence-electron chi connectivity index (χ2n) is 6.46. The Kier molecular flexibility index (Phi) is 8.04. The number of carbonyl (C=O) groups is 2. The SMILES string of the molecule is COc1ccc(/C=C/C(=O)O[C@H](C)C(=O)NCCC2=CCCCC2)cc1F. The minimum Gasteiger partial charge on any atom is -0.494 e. The minimum atomic E-state index is -0.893. The first-order valence-electron chi connectivity index (χ1n) is 9.17. The Balaban J connectivity index is 1.75. The van der Waals surface area contributed by atoms with Crippen molar-refractivity contribution in [2.24, 2.45) is 0 Å². The molecule has 0 fully saturated rings. The zero-order chi connectivity index (χ0) is 19.6. The summed E-state index contributed by atoms with van der Waals surface area (Å²) < 4.78 is 23.5. The molecule has 0 saturated carbocycles. The van der Waals surface area contributed by atoms with Gasteiger partial charge < -0.3 is 14.8 Å². The van der Waals surface area contributed by atoms with E-state index in [4.69, 9.17) is 9.47 Å². The fourth-order valence-electron chi connectivity index (χ4n) is 2.84. The molecule has 0 bridgehead atoms. The molecule has 2 rings (SSSR count). The van der Waals surface area contributed by atoms with Gasteiger partial charge in [0, 0.05) is 12.6 Å². The van der Waals surface area contributed by atoms with Crippen molar-refractivity contribution in [1.29, 1.82) is 0 Å². The molecule has 0 saturated heterocycles. The lowest BCUT2D eigenvalue weighted by Gasteiger charge is -2.15. The van der Waals surface area contributed by atoms with Crippen LogP contribution in [0.15, 0.2) is 35.9 Å². The molecule has 0 spiro atoms. The number of esters is 1. The molecule has 1 aliphatic carbocycles. The fraction of sp³-hybridized carbons (Fsp3) is 0.429. The Labute approximate surface area is 159 Å². The molecule has 1 atom stereocenters. The summed E-state index contributed by atoms with van der Waals surface area (Å²) in [4.78, 5) is 23.9. The molecule has 5 nitrogen and oxygen atoms in total. The summed E-state index contributed by atoms with van der Waals surface area (Å²) in [7, 11) is 1.38. The van der Waals surface area contributed by atoms with Crippen LogP contribution < -0.4 is 10.1 Å². The van der Waals surface area contributed by atoms with E-state index in [0.717, 1.165) is 25.3 Å². The van der Waals surface area contributed by atoms with Crippen molar-refractivity contribution in [2.75, 3.05) is 13.7 Å². The Morgan fingerprint density at radius 3 is 2.81 bits per heavy atom. The fourth-order valence-corrected chi connectivity index (χ4v) is 2.84. The topological polar surface area (TPSA) is 64.6 Å². The van der Waals surface area contributed by atoms with E-state index >= 15 is 0 Å². The van der Waals surface area contributed by atoms with E-state index in [1.54, 1.807) is 6.07 Å². The highest BCUT2D eigenvalue weighted by Gasteiger charge is 2.16. The van der Waals surface area contributed by atoms with Crippen LogP contribution in [0.1, 0.15) is 44.6 Å². The highest BCUT2D eigenvalue weighted by atomic mass is 19.1. The van der Waals surface area contributed by atoms with Crippen molar-refractivity contribution < 1.29 is 23.5 Å². The lowest BCUT2D eigenvalue weighted by atomic mass is 9.97. The summed E-state index contributed by atoms with van der Waals surface area (Å²) in [6, 6.07) is 4.33. The maximum absolute atomic E-state index is 13.6. The van der Waals surface area contributed by atoms with Crippen LogP contribution in [0.2, 0.25) is 0 Å². The first kappa shape index (κ1) is 20.7. The molecule has 0 radical (unpaired) electrons. The zero-order valence-electron chi connectivity index (χ0n) is 15.8. The van der Waals surface area contributed by atoms with Gasteiger partial charge in [-0.1, -0.05) is 17.7 Å². The lowest BCUT2D eigenvalue weighted by molar-refractivity contribution is -0.150. The van der Waals surface area contributed by atoms with Gasteiger partial charge in [-0.2, -0.15) is 0 Å². The van der Waals surface area contributed by atoms with Crippen molar-refractivity contribution in [3.8, 4) is 5.75 Å². The molecule has 1 aromatic carbocycles. The average Bonchev–Trinajstić information content (AvgIpc) is 2.67. The Morgan fingerprint density at radius 1 is 1.33 bits per heavy atom. The summed E-state index contributed by atoms with van der Waals surface area (Å²) in [5.74, 6) is -1.38. The van der Waals surface area contributed by atoms with Gasteiger partial charge >= 0.3 is 5.97 Å². The molecule has 146 valence electrons. The van der Waals surface area contributed by atoms with E-state index in [9.17, 15) is 14.0 Å². The monoisotopic (exact) mass is 375 g/mol. The molecule has 0 unspecified atom stereocenters. The summed E-state index contributed by atoms with van der Waals surface area (Å²) in [6.07, 6.45) is 9.41. The highest BCUT2D eigenvalue weighted by molar-refractivity contribution is 5.90. The number of rotatable bonds is 8. The number of benzene rings is 1. The van der Waals surface area contributed by atoms with Crippen molar-refractivity contribution in [3.63, 3.8) is 0 Å². The highest BCUT2D eigenvalue weighted by Crippen LogP contribution is 2.19. The Hall–Kier alpha value is -2.63. The molecule has 1 N–H and O–H groups in total. The van der Waals surface area contributed by atoms with E-state index in [2.05, 4.69) is 11.4 Å². The van der Waals surface area contributed by atoms with Gasteiger partial charge in [0.15, 0.2) is 17.7 Å². The van der Waals surface area contributed by atoms with Gasteiger partial charge in [0.25, 0.3) is 5.91 Å². The number of allylic oxidation sites excluding steroid dienone is 1. The molecule has 0 aromatic heterocycles. The summed E-state index contributed by atoms with van der Waals surface area (Å²) >= 11 is 0. The van der Waals surface area contributed by atoms with Crippen molar-refractivity contribution >= 4 is 18.0 Å². The van der Waals surface area contributed by atoms with Crippen LogP contribution in [0.3, 0.4) is 0 Å². The van der Waals surface area contributed by atoms with E-state index in [1.165, 1.54) is 50.7 Å². The molecule has 1 aromatic rings. The number of halogens is 1. The average molecular weight is 375 g/mol. The van der Waals surface area contributed by atoms with Gasteiger partial charge in [-0.15, -0.1) is 0 Å². The first-order valence-corrected chi connectivity index (χ1v) is 9.17. The van der Waals surface area contributed by atoms with Crippen LogP contribution >= 0.6 is 0 Å². The zero-order valence-corrected chi connectivity index (χ0v) is 15.8. The molecular weight excluding hydrogens is 349 g/mol. The smallest absolute Gasteiger partial charge is 0.331 e. The van der Waals surface area contributed by atoms with Crippen LogP contribution in [-0.2, 0) is 14.3 Å². The molecule has 6 heteroatoms. The molecule has 1 aliphatic rings. The quantitative estimate of drug-likeness (QED) is 0.427. The van der Waals surface area contributed by atoms with Crippen LogP contribution in [0, 0.1) is 5.82 Å². The largest absolute Gasteiger partial charge is 0.494 e. The number of ether oxygens (including phenoxy) is 2. The number of hydrogen-bond acceptors (Lipinski definition) is 4. The number of carbonyl (C=O) groups excluding carboxylic acids is 2. The van der Waals surface area contributed by atoms with Gasteiger partial charge in [-0.05, 0) is 62.8 Å². The van der Waals surface area contributed by atoms with Gasteiger partial charge in [0.2, 0.25) is 0 Å². The Morgan fingerprint density at radius 2 is 2.15 bits per heavy atom. The number of nitrogens with one attached hydrogen (secondary N) is 1. The van der Waals surface area contributed by atoms with E-state index in [-0.39, 0.29) is 11.7 Å². The van der Waals surface area contributed by atoms with E-state index < -0.39 is 17.9 Å². The van der Waals surface area contributed by atoms with Crippen molar-refractivity contribution in [2.45, 2.75) is 45.1 Å². The lowest BCUT2D eigenvalue weighted by Crippen LogP contribution is -2.36. The summed E-state index contributed by atoms with van der Waals surface area (Å²) in [5, 5.41) is 2.78. The van der Waals surface area contributed by atoms with Gasteiger partial charge in [-0.25, -0.2) is 9.18 Å². The number of hydrogen-bond donors (Lipinski definition) is 1. The minimum absolute atomic E-state index is 0.129. The molecule has 27 heavy (non-hydrogen) atoms. The maximum atomic E-state index is 13.6. The maximum Gasteiger partial charge on any atom is 0.331 e. The van der Waals surface area contributed by atoms with Gasteiger partial charge in [0.05, 0.1) is 7.11 Å². The predicted molar refractivity (Wildman–Crippen MR) is 102 cm³/mol. The molecule has 1 amide bonds. The third kappa shape index (κ3) is 6.89. The molecular formula is C21H26FNO4. The summed E-state index contributed by atoms with van der Waals surface area (Å²) in [5.41, 5.74) is 1.86. The normalized spacial score (nSPS) is 15.1. The number of methoxy groups -OCH3 is 1. The Bertz CT molecular complexity index is 727. The van der Waals surface area contributed by atoms with Crippen LogP contribution in [0.5, 0.6) is 5.75 Å². The van der Waals surface area contributed by atoms with Crippen LogP contribution in [-0.4, -0.2) is 31.6 Å². The second kappa shape index (κ2) is 10.5. The van der Waals surface area contributed by atoms with E-state index in [0.29, 0.717) is 12.1 Å². The first-order chi connectivity index (χ1) is 13.0. The summed E-state index contributed by atoms with van der Waals surface area (Å²) in [6.45, 7) is 2.06. The second-order valence-corrected chi connectivity index (χ2v) is 6.46. The van der Waals surface area contributed by atoms with Crippen LogP contribution in [0.4, 0.5) is 4.39 Å². The van der Waals surface area contributed by atoms with E-state index in [1.807, 2.05) is 0 Å². The van der Waals surface area contributed by atoms with Crippen molar-refractivity contribution in [1.82, 2.24) is 5.32 Å². The van der Waals surface area contributed by atoms with Gasteiger partial charge in [0.1, 0.15) is 0 Å². The third-order valence-corrected chi connectivity index (χ3v) is 4.38. The van der Waals surface area contributed by atoms with Gasteiger partial charge in [-0.3, -0.25) is 4.79 Å². The number of amides is 1. The predicted octanol–water partition coefficient (Wildman–Crippen LogP) is 3.79.